The Labute approximate surface area is 97.2 Å². The van der Waals surface area contributed by atoms with Gasteiger partial charge in [0.05, 0.1) is 0 Å². The van der Waals surface area contributed by atoms with Crippen LogP contribution in [-0.2, 0) is 11.2 Å². The van der Waals surface area contributed by atoms with E-state index in [2.05, 4.69) is 25.9 Å². The fourth-order valence-electron chi connectivity index (χ4n) is 1.33. The summed E-state index contributed by atoms with van der Waals surface area (Å²) in [5.41, 5.74) is 0. The first-order valence-electron chi connectivity index (χ1n) is 5.41. The van der Waals surface area contributed by atoms with E-state index in [9.17, 15) is 13.6 Å². The number of nitrogens with one attached hydrogen (secondary N) is 2. The van der Waals surface area contributed by atoms with Crippen molar-refractivity contribution in [3.8, 4) is 0 Å². The molecule has 1 amide bonds. The molecule has 0 bridgehead atoms. The van der Waals surface area contributed by atoms with E-state index in [0.717, 1.165) is 0 Å². The summed E-state index contributed by atoms with van der Waals surface area (Å²) in [6.07, 6.45) is -1.91. The van der Waals surface area contributed by atoms with E-state index in [4.69, 9.17) is 0 Å². The molecule has 1 rings (SSSR count). The summed E-state index contributed by atoms with van der Waals surface area (Å²) in [5, 5.41) is 15.9. The number of hydrogen-bond donors (Lipinski definition) is 2. The Kier molecular flexibility index (Phi) is 5.44. The average molecular weight is 247 g/mol. The van der Waals surface area contributed by atoms with E-state index in [0.29, 0.717) is 18.7 Å². The number of hydrogen-bond acceptors (Lipinski definition) is 4. The summed E-state index contributed by atoms with van der Waals surface area (Å²) in [7, 11) is 0. The Morgan fingerprint density at radius 2 is 2.29 bits per heavy atom. The molecule has 0 radical (unpaired) electrons. The third-order valence-corrected chi connectivity index (χ3v) is 2.27. The summed E-state index contributed by atoms with van der Waals surface area (Å²) in [5.74, 6) is 0.117. The molecule has 6 nitrogen and oxygen atoms in total. The Morgan fingerprint density at radius 1 is 1.53 bits per heavy atom. The minimum Gasteiger partial charge on any atom is -0.353 e. The number of halogens is 2. The second-order valence-electron chi connectivity index (χ2n) is 3.63. The van der Waals surface area contributed by atoms with Crippen molar-refractivity contribution in [3.05, 3.63) is 5.82 Å². The molecule has 1 unspecified atom stereocenters. The summed E-state index contributed by atoms with van der Waals surface area (Å²) in [6, 6.07) is -0.155. The maximum atomic E-state index is 11.9. The highest BCUT2D eigenvalue weighted by atomic mass is 19.3. The van der Waals surface area contributed by atoms with Crippen LogP contribution in [0.4, 0.5) is 8.78 Å². The molecule has 2 N–H and O–H groups in total. The average Bonchev–Trinajstić information content (AvgIpc) is 2.78. The predicted molar refractivity (Wildman–Crippen MR) is 55.3 cm³/mol. The third kappa shape index (κ3) is 5.32. The normalized spacial score (nSPS) is 12.7. The number of nitrogens with zero attached hydrogens (tertiary/aromatic N) is 3. The summed E-state index contributed by atoms with van der Waals surface area (Å²) < 4.78 is 23.8. The number of alkyl halides is 2. The molecular weight excluding hydrogens is 232 g/mol. The van der Waals surface area contributed by atoms with Gasteiger partial charge in [0.2, 0.25) is 12.3 Å². The molecule has 0 aliphatic carbocycles. The molecular formula is C9H15F2N5O. The smallest absolute Gasteiger partial charge is 0.239 e. The van der Waals surface area contributed by atoms with Crippen LogP contribution in [0.15, 0.2) is 0 Å². The number of carbonyl (C=O) groups is 1. The standard InChI is InChI=1S/C9H15F2N5O/c1-2-6(5-8-13-15-16-14-8)12-9(17)4-3-7(10)11/h6-7H,2-5H2,1H3,(H,12,17)(H,13,14,15,16). The van der Waals surface area contributed by atoms with Crippen molar-refractivity contribution in [1.29, 1.82) is 0 Å². The molecule has 1 heterocycles. The van der Waals surface area contributed by atoms with Crippen molar-refractivity contribution >= 4 is 5.91 Å². The highest BCUT2D eigenvalue weighted by Gasteiger charge is 2.14. The topological polar surface area (TPSA) is 83.6 Å². The van der Waals surface area contributed by atoms with E-state index in [1.165, 1.54) is 0 Å². The lowest BCUT2D eigenvalue weighted by Gasteiger charge is -2.14. The largest absolute Gasteiger partial charge is 0.353 e. The summed E-state index contributed by atoms with van der Waals surface area (Å²) in [6.45, 7) is 1.89. The van der Waals surface area contributed by atoms with E-state index >= 15 is 0 Å². The highest BCUT2D eigenvalue weighted by molar-refractivity contribution is 5.76. The SMILES string of the molecule is CCC(Cc1nn[nH]n1)NC(=O)CCC(F)F. The molecule has 1 aromatic heterocycles. The van der Waals surface area contributed by atoms with Gasteiger partial charge in [0.1, 0.15) is 0 Å². The number of aromatic nitrogens is 4. The Hall–Kier alpha value is -1.60. The predicted octanol–water partition coefficient (Wildman–Crippen LogP) is 0.682. The van der Waals surface area contributed by atoms with Crippen LogP contribution in [0.1, 0.15) is 32.0 Å². The zero-order valence-electron chi connectivity index (χ0n) is 9.49. The van der Waals surface area contributed by atoms with E-state index < -0.39 is 12.8 Å². The van der Waals surface area contributed by atoms with Crippen molar-refractivity contribution in [2.45, 2.75) is 45.1 Å². The van der Waals surface area contributed by atoms with Gasteiger partial charge in [-0.1, -0.05) is 12.1 Å². The fraction of sp³-hybridized carbons (Fsp3) is 0.778. The summed E-state index contributed by atoms with van der Waals surface area (Å²) >= 11 is 0. The third-order valence-electron chi connectivity index (χ3n) is 2.27. The van der Waals surface area contributed by atoms with Gasteiger partial charge in [0.15, 0.2) is 5.82 Å². The molecule has 8 heteroatoms. The van der Waals surface area contributed by atoms with E-state index in [-0.39, 0.29) is 18.4 Å². The van der Waals surface area contributed by atoms with Crippen LogP contribution in [0.5, 0.6) is 0 Å². The van der Waals surface area contributed by atoms with Gasteiger partial charge < -0.3 is 5.32 Å². The fourth-order valence-corrected chi connectivity index (χ4v) is 1.33. The number of carbonyl (C=O) groups excluding carboxylic acids is 1. The van der Waals surface area contributed by atoms with Crippen molar-refractivity contribution in [2.24, 2.45) is 0 Å². The Balaban J connectivity index is 2.33. The van der Waals surface area contributed by atoms with Gasteiger partial charge in [0, 0.05) is 25.3 Å². The van der Waals surface area contributed by atoms with Gasteiger partial charge in [-0.2, -0.15) is 5.21 Å². The van der Waals surface area contributed by atoms with Crippen molar-refractivity contribution in [3.63, 3.8) is 0 Å². The molecule has 0 aliphatic rings. The van der Waals surface area contributed by atoms with Gasteiger partial charge >= 0.3 is 0 Å². The van der Waals surface area contributed by atoms with Crippen LogP contribution < -0.4 is 5.32 Å². The zero-order valence-corrected chi connectivity index (χ0v) is 9.49. The lowest BCUT2D eigenvalue weighted by molar-refractivity contribution is -0.122. The molecule has 1 atom stereocenters. The molecule has 96 valence electrons. The van der Waals surface area contributed by atoms with Crippen LogP contribution in [0.25, 0.3) is 0 Å². The molecule has 0 fully saturated rings. The zero-order chi connectivity index (χ0) is 12.7. The van der Waals surface area contributed by atoms with Gasteiger partial charge in [-0.15, -0.1) is 10.2 Å². The maximum Gasteiger partial charge on any atom is 0.239 e. The highest BCUT2D eigenvalue weighted by Crippen LogP contribution is 2.04. The molecule has 0 saturated carbocycles. The van der Waals surface area contributed by atoms with Crippen molar-refractivity contribution in [1.82, 2.24) is 25.9 Å². The minimum absolute atomic E-state index is 0.155. The first kappa shape index (κ1) is 13.5. The number of amides is 1. The molecule has 17 heavy (non-hydrogen) atoms. The second kappa shape index (κ2) is 6.87. The number of rotatable bonds is 7. The Bertz CT molecular complexity index is 330. The van der Waals surface area contributed by atoms with Crippen molar-refractivity contribution in [2.75, 3.05) is 0 Å². The van der Waals surface area contributed by atoms with Crippen LogP contribution in [0, 0.1) is 0 Å². The van der Waals surface area contributed by atoms with Crippen LogP contribution in [0.2, 0.25) is 0 Å². The molecule has 0 saturated heterocycles. The lowest BCUT2D eigenvalue weighted by Crippen LogP contribution is -2.36. The quantitative estimate of drug-likeness (QED) is 0.742. The first-order valence-corrected chi connectivity index (χ1v) is 5.41. The first-order chi connectivity index (χ1) is 8.11. The molecule has 0 spiro atoms. The number of tetrazole rings is 1. The van der Waals surface area contributed by atoms with Crippen LogP contribution in [-0.4, -0.2) is 39.0 Å². The molecule has 0 aromatic carbocycles. The maximum absolute atomic E-state index is 11.9. The van der Waals surface area contributed by atoms with Gasteiger partial charge in [0.25, 0.3) is 0 Å². The number of aromatic amines is 1. The Morgan fingerprint density at radius 3 is 2.82 bits per heavy atom. The lowest BCUT2D eigenvalue weighted by atomic mass is 10.1. The molecule has 0 aliphatic heterocycles. The van der Waals surface area contributed by atoms with Crippen molar-refractivity contribution < 1.29 is 13.6 Å². The van der Waals surface area contributed by atoms with Gasteiger partial charge in [-0.05, 0) is 6.42 Å². The van der Waals surface area contributed by atoms with Crippen LogP contribution >= 0.6 is 0 Å². The minimum atomic E-state index is -2.45. The summed E-state index contributed by atoms with van der Waals surface area (Å²) in [4.78, 5) is 11.3. The van der Waals surface area contributed by atoms with Gasteiger partial charge in [-0.3, -0.25) is 4.79 Å². The van der Waals surface area contributed by atoms with E-state index in [1.54, 1.807) is 0 Å². The van der Waals surface area contributed by atoms with Gasteiger partial charge in [-0.25, -0.2) is 8.78 Å². The molecule has 1 aromatic rings. The van der Waals surface area contributed by atoms with Crippen LogP contribution in [0.3, 0.4) is 0 Å². The number of H-pyrrole nitrogens is 1. The second-order valence-corrected chi connectivity index (χ2v) is 3.63. The van der Waals surface area contributed by atoms with E-state index in [1.807, 2.05) is 6.92 Å². The monoisotopic (exact) mass is 247 g/mol.